The third-order valence-electron chi connectivity index (χ3n) is 3.37. The minimum Gasteiger partial charge on any atom is -0.317 e. The van der Waals surface area contributed by atoms with Gasteiger partial charge in [0.25, 0.3) is 0 Å². The van der Waals surface area contributed by atoms with Crippen molar-refractivity contribution < 1.29 is 0 Å². The van der Waals surface area contributed by atoms with E-state index in [1.54, 1.807) is 0 Å². The first-order chi connectivity index (χ1) is 8.33. The highest BCUT2D eigenvalue weighted by Gasteiger charge is 2.16. The molecule has 0 amide bonds. The van der Waals surface area contributed by atoms with E-state index in [0.29, 0.717) is 5.02 Å². The Morgan fingerprint density at radius 1 is 1.35 bits per heavy atom. The molecule has 1 saturated heterocycles. The van der Waals surface area contributed by atoms with Crippen LogP contribution < -0.4 is 5.32 Å². The average molecular weight is 251 g/mol. The summed E-state index contributed by atoms with van der Waals surface area (Å²) in [5.74, 6) is 1.77. The van der Waals surface area contributed by atoms with E-state index in [1.165, 1.54) is 12.8 Å². The van der Waals surface area contributed by atoms with Gasteiger partial charge in [0.2, 0.25) is 0 Å². The summed E-state index contributed by atoms with van der Waals surface area (Å²) in [6.07, 6.45) is 5.41. The molecule has 4 nitrogen and oxygen atoms in total. The zero-order chi connectivity index (χ0) is 11.7. The van der Waals surface area contributed by atoms with E-state index in [2.05, 4.69) is 15.5 Å². The third kappa shape index (κ3) is 2.28. The predicted molar refractivity (Wildman–Crippen MR) is 67.3 cm³/mol. The number of nitrogens with zero attached hydrogens (tertiary/aromatic N) is 3. The van der Waals surface area contributed by atoms with Crippen LogP contribution >= 0.6 is 11.6 Å². The Balaban J connectivity index is 1.84. The van der Waals surface area contributed by atoms with Gasteiger partial charge in [0.05, 0.1) is 0 Å². The summed E-state index contributed by atoms with van der Waals surface area (Å²) in [6.45, 7) is 2.24. The Morgan fingerprint density at radius 2 is 2.18 bits per heavy atom. The van der Waals surface area contributed by atoms with Crippen LogP contribution in [0.3, 0.4) is 0 Å². The lowest BCUT2D eigenvalue weighted by Gasteiger charge is -2.21. The van der Waals surface area contributed by atoms with Gasteiger partial charge in [-0.15, -0.1) is 10.2 Å². The first-order valence-corrected chi connectivity index (χ1v) is 6.40. The minimum absolute atomic E-state index is 0.707. The second-order valence-corrected chi connectivity index (χ2v) is 5.02. The lowest BCUT2D eigenvalue weighted by molar-refractivity contribution is 0.366. The van der Waals surface area contributed by atoms with Crippen molar-refractivity contribution in [2.24, 2.45) is 5.92 Å². The van der Waals surface area contributed by atoms with E-state index >= 15 is 0 Å². The molecule has 0 saturated carbocycles. The number of fused-ring (bicyclic) bond motifs is 1. The molecule has 3 rings (SSSR count). The van der Waals surface area contributed by atoms with Gasteiger partial charge in [-0.05, 0) is 37.9 Å². The molecule has 0 unspecified atom stereocenters. The van der Waals surface area contributed by atoms with E-state index in [4.69, 9.17) is 11.6 Å². The Hall–Kier alpha value is -1.13. The molecule has 3 heterocycles. The molecule has 0 spiro atoms. The Kier molecular flexibility index (Phi) is 2.99. The first kappa shape index (κ1) is 11.0. The molecule has 0 atom stereocenters. The van der Waals surface area contributed by atoms with Crippen molar-refractivity contribution in [3.05, 3.63) is 29.2 Å². The quantitative estimate of drug-likeness (QED) is 0.886. The van der Waals surface area contributed by atoms with E-state index in [9.17, 15) is 0 Å². The molecule has 0 aliphatic carbocycles. The van der Waals surface area contributed by atoms with Gasteiger partial charge in [-0.1, -0.05) is 11.6 Å². The van der Waals surface area contributed by atoms with Crippen LogP contribution in [0.2, 0.25) is 5.02 Å². The topological polar surface area (TPSA) is 42.2 Å². The van der Waals surface area contributed by atoms with Gasteiger partial charge in [-0.2, -0.15) is 0 Å². The number of hydrogen-bond acceptors (Lipinski definition) is 3. The summed E-state index contributed by atoms with van der Waals surface area (Å²) in [6, 6.07) is 3.73. The lowest BCUT2D eigenvalue weighted by atomic mass is 9.94. The second kappa shape index (κ2) is 4.63. The number of nitrogens with one attached hydrogen (secondary N) is 1. The molecule has 5 heteroatoms. The van der Waals surface area contributed by atoms with Crippen LogP contribution in [-0.2, 0) is 6.42 Å². The molecule has 1 aliphatic heterocycles. The molecule has 90 valence electrons. The van der Waals surface area contributed by atoms with Gasteiger partial charge in [0.15, 0.2) is 5.65 Å². The van der Waals surface area contributed by atoms with Crippen LogP contribution in [-0.4, -0.2) is 27.7 Å². The van der Waals surface area contributed by atoms with Crippen LogP contribution in [0.4, 0.5) is 0 Å². The predicted octanol–water partition coefficient (Wildman–Crippen LogP) is 1.92. The van der Waals surface area contributed by atoms with Crippen molar-refractivity contribution in [1.29, 1.82) is 0 Å². The number of aromatic nitrogens is 3. The lowest BCUT2D eigenvalue weighted by Crippen LogP contribution is -2.29. The van der Waals surface area contributed by atoms with Crippen LogP contribution in [0.25, 0.3) is 5.65 Å². The summed E-state index contributed by atoms with van der Waals surface area (Å²) in [4.78, 5) is 0. The summed E-state index contributed by atoms with van der Waals surface area (Å²) in [5.41, 5.74) is 0.835. The molecule has 1 fully saturated rings. The monoisotopic (exact) mass is 250 g/mol. The fourth-order valence-corrected chi connectivity index (χ4v) is 2.55. The highest BCUT2D eigenvalue weighted by atomic mass is 35.5. The highest BCUT2D eigenvalue weighted by Crippen LogP contribution is 2.18. The summed E-state index contributed by atoms with van der Waals surface area (Å²) >= 11 is 5.93. The first-order valence-electron chi connectivity index (χ1n) is 6.03. The molecule has 2 aromatic rings. The number of hydrogen-bond donors (Lipinski definition) is 1. The van der Waals surface area contributed by atoms with Crippen LogP contribution in [0.15, 0.2) is 18.3 Å². The van der Waals surface area contributed by atoms with Gasteiger partial charge >= 0.3 is 0 Å². The fourth-order valence-electron chi connectivity index (χ4n) is 2.40. The van der Waals surface area contributed by atoms with Gasteiger partial charge in [0, 0.05) is 23.7 Å². The standard InChI is InChI=1S/C12H15ClN4/c13-10-3-6-17-11(15-16-12(17)8-10)7-9-1-4-14-5-2-9/h3,6,8-9,14H,1-2,4-5,7H2. The van der Waals surface area contributed by atoms with Crippen molar-refractivity contribution >= 4 is 17.2 Å². The number of pyridine rings is 1. The van der Waals surface area contributed by atoms with Crippen LogP contribution in [0.1, 0.15) is 18.7 Å². The smallest absolute Gasteiger partial charge is 0.162 e. The van der Waals surface area contributed by atoms with Gasteiger partial charge in [-0.25, -0.2) is 0 Å². The van der Waals surface area contributed by atoms with E-state index in [-0.39, 0.29) is 0 Å². The van der Waals surface area contributed by atoms with Gasteiger partial charge in [0.1, 0.15) is 5.82 Å². The molecule has 1 aliphatic rings. The average Bonchev–Trinajstić information content (AvgIpc) is 2.73. The maximum absolute atomic E-state index is 5.93. The molecule has 17 heavy (non-hydrogen) atoms. The zero-order valence-corrected chi connectivity index (χ0v) is 10.3. The highest BCUT2D eigenvalue weighted by molar-refractivity contribution is 6.30. The molecule has 0 aromatic carbocycles. The maximum atomic E-state index is 5.93. The SMILES string of the molecule is Clc1ccn2c(CC3CCNCC3)nnc2c1. The molecule has 0 bridgehead atoms. The van der Waals surface area contributed by atoms with Crippen molar-refractivity contribution in [1.82, 2.24) is 19.9 Å². The van der Waals surface area contributed by atoms with Gasteiger partial charge < -0.3 is 5.32 Å². The summed E-state index contributed by atoms with van der Waals surface area (Å²) in [5, 5.41) is 12.5. The van der Waals surface area contributed by atoms with Crippen molar-refractivity contribution in [3.63, 3.8) is 0 Å². The van der Waals surface area contributed by atoms with Crippen LogP contribution in [0.5, 0.6) is 0 Å². The summed E-state index contributed by atoms with van der Waals surface area (Å²) in [7, 11) is 0. The molecular weight excluding hydrogens is 236 g/mol. The Labute approximate surface area is 105 Å². The van der Waals surface area contributed by atoms with E-state index < -0.39 is 0 Å². The van der Waals surface area contributed by atoms with E-state index in [0.717, 1.165) is 36.9 Å². The maximum Gasteiger partial charge on any atom is 0.162 e. The molecule has 2 aromatic heterocycles. The van der Waals surface area contributed by atoms with Crippen molar-refractivity contribution in [3.8, 4) is 0 Å². The summed E-state index contributed by atoms with van der Waals surface area (Å²) < 4.78 is 2.04. The minimum atomic E-state index is 0.707. The van der Waals surface area contributed by atoms with E-state index in [1.807, 2.05) is 22.7 Å². The van der Waals surface area contributed by atoms with Crippen molar-refractivity contribution in [2.75, 3.05) is 13.1 Å². The third-order valence-corrected chi connectivity index (χ3v) is 3.61. The molecule has 1 N–H and O–H groups in total. The fraction of sp³-hybridized carbons (Fsp3) is 0.500. The number of rotatable bonds is 2. The Morgan fingerprint density at radius 3 is 3.00 bits per heavy atom. The van der Waals surface area contributed by atoms with Crippen LogP contribution in [0, 0.1) is 5.92 Å². The largest absolute Gasteiger partial charge is 0.317 e. The molecule has 0 radical (unpaired) electrons. The Bertz CT molecular complexity index is 516. The number of halogens is 1. The molecular formula is C12H15ClN4. The normalized spacial score (nSPS) is 17.7. The zero-order valence-electron chi connectivity index (χ0n) is 9.56. The number of piperidine rings is 1. The second-order valence-electron chi connectivity index (χ2n) is 4.59. The van der Waals surface area contributed by atoms with Gasteiger partial charge in [-0.3, -0.25) is 4.40 Å². The van der Waals surface area contributed by atoms with Crippen molar-refractivity contribution in [2.45, 2.75) is 19.3 Å².